The van der Waals surface area contributed by atoms with E-state index in [1.807, 2.05) is 6.20 Å². The number of morpholine rings is 1. The molecule has 4 heterocycles. The van der Waals surface area contributed by atoms with E-state index in [2.05, 4.69) is 39.4 Å². The number of H-pyrrole nitrogens is 1. The zero-order chi connectivity index (χ0) is 18.2. The number of thiazole rings is 1. The number of aromatic amines is 1. The van der Waals surface area contributed by atoms with Crippen LogP contribution in [-0.2, 0) is 4.74 Å². The Hall–Kier alpha value is -1.76. The maximum absolute atomic E-state index is 5.51. The van der Waals surface area contributed by atoms with E-state index < -0.39 is 0 Å². The van der Waals surface area contributed by atoms with Crippen LogP contribution in [0.5, 0.6) is 0 Å². The van der Waals surface area contributed by atoms with Gasteiger partial charge in [-0.3, -0.25) is 4.90 Å². The molecule has 0 unspecified atom stereocenters. The molecule has 1 N–H and O–H groups in total. The Labute approximate surface area is 163 Å². The van der Waals surface area contributed by atoms with Crippen LogP contribution in [0, 0.1) is 6.92 Å². The van der Waals surface area contributed by atoms with Crippen molar-refractivity contribution in [3.8, 4) is 11.3 Å². The molecule has 1 saturated heterocycles. The predicted octanol–water partition coefficient (Wildman–Crippen LogP) is 4.35. The van der Waals surface area contributed by atoms with E-state index in [9.17, 15) is 0 Å². The van der Waals surface area contributed by atoms with E-state index >= 15 is 0 Å². The highest BCUT2D eigenvalue weighted by molar-refractivity contribution is 7.09. The first-order valence-electron chi connectivity index (χ1n) is 9.99. The van der Waals surface area contributed by atoms with Crippen molar-refractivity contribution in [3.63, 3.8) is 0 Å². The van der Waals surface area contributed by atoms with Gasteiger partial charge in [0.2, 0.25) is 0 Å². The van der Waals surface area contributed by atoms with E-state index in [-0.39, 0.29) is 0 Å². The van der Waals surface area contributed by atoms with Gasteiger partial charge in [-0.2, -0.15) is 0 Å². The molecule has 0 atom stereocenters. The molecular formula is C21H26N4OS. The molecule has 3 aromatic heterocycles. The molecule has 2 aliphatic rings. The minimum absolute atomic E-state index is 0.624. The minimum atomic E-state index is 0.624. The van der Waals surface area contributed by atoms with Gasteiger partial charge in [-0.05, 0) is 50.2 Å². The van der Waals surface area contributed by atoms with Gasteiger partial charge in [-0.15, -0.1) is 11.3 Å². The zero-order valence-electron chi connectivity index (χ0n) is 15.8. The molecular weight excluding hydrogens is 356 g/mol. The number of rotatable bonds is 3. The highest BCUT2D eigenvalue weighted by Crippen LogP contribution is 2.37. The number of aromatic nitrogens is 3. The van der Waals surface area contributed by atoms with E-state index in [4.69, 9.17) is 9.72 Å². The number of hydrogen-bond acceptors (Lipinski definition) is 5. The molecule has 0 amide bonds. The van der Waals surface area contributed by atoms with E-state index in [1.54, 1.807) is 11.3 Å². The third kappa shape index (κ3) is 3.42. The van der Waals surface area contributed by atoms with E-state index in [0.29, 0.717) is 5.92 Å². The van der Waals surface area contributed by atoms with Crippen LogP contribution in [0.1, 0.15) is 42.2 Å². The fourth-order valence-electron chi connectivity index (χ4n) is 4.66. The van der Waals surface area contributed by atoms with Crippen molar-refractivity contribution in [1.29, 1.82) is 0 Å². The molecule has 1 saturated carbocycles. The summed E-state index contributed by atoms with van der Waals surface area (Å²) in [5.74, 6) is 0.624. The maximum Gasteiger partial charge on any atom is 0.137 e. The lowest BCUT2D eigenvalue weighted by Gasteiger charge is -2.38. The Bertz CT molecular complexity index is 919. The maximum atomic E-state index is 5.51. The highest BCUT2D eigenvalue weighted by atomic mass is 32.1. The molecule has 0 radical (unpaired) electrons. The summed E-state index contributed by atoms with van der Waals surface area (Å²) in [6, 6.07) is 3.09. The summed E-state index contributed by atoms with van der Waals surface area (Å²) in [4.78, 5) is 15.3. The van der Waals surface area contributed by atoms with Crippen LogP contribution >= 0.6 is 11.3 Å². The van der Waals surface area contributed by atoms with Crippen molar-refractivity contribution >= 4 is 22.4 Å². The van der Waals surface area contributed by atoms with Crippen LogP contribution in [0.2, 0.25) is 0 Å². The average Bonchev–Trinajstić information content (AvgIpc) is 3.34. The van der Waals surface area contributed by atoms with Crippen molar-refractivity contribution in [3.05, 3.63) is 34.4 Å². The topological polar surface area (TPSA) is 54.0 Å². The fourth-order valence-corrected chi connectivity index (χ4v) is 5.27. The Morgan fingerprint density at radius 2 is 2.00 bits per heavy atom. The largest absolute Gasteiger partial charge is 0.379 e. The summed E-state index contributed by atoms with van der Waals surface area (Å²) in [5, 5.41) is 4.44. The highest BCUT2D eigenvalue weighted by Gasteiger charge is 2.28. The van der Waals surface area contributed by atoms with Crippen LogP contribution in [0.25, 0.3) is 22.3 Å². The number of nitrogens with one attached hydrogen (secondary N) is 1. The van der Waals surface area contributed by atoms with Gasteiger partial charge < -0.3 is 9.72 Å². The van der Waals surface area contributed by atoms with Gasteiger partial charge in [0.1, 0.15) is 5.65 Å². The molecule has 142 valence electrons. The molecule has 1 aliphatic heterocycles. The number of ether oxygens (including phenoxy) is 1. The molecule has 0 bridgehead atoms. The van der Waals surface area contributed by atoms with Crippen LogP contribution in [0.15, 0.2) is 23.8 Å². The molecule has 1 aliphatic carbocycles. The van der Waals surface area contributed by atoms with Gasteiger partial charge in [0.15, 0.2) is 0 Å². The molecule has 2 fully saturated rings. The fraction of sp³-hybridized carbons (Fsp3) is 0.524. The lowest BCUT2D eigenvalue weighted by atomic mass is 9.81. The molecule has 6 heteroatoms. The summed E-state index contributed by atoms with van der Waals surface area (Å²) in [6.45, 7) is 6.05. The van der Waals surface area contributed by atoms with Crippen molar-refractivity contribution in [1.82, 2.24) is 19.9 Å². The van der Waals surface area contributed by atoms with Crippen molar-refractivity contribution in [2.24, 2.45) is 0 Å². The minimum Gasteiger partial charge on any atom is -0.379 e. The number of nitrogens with zero attached hydrogens (tertiary/aromatic N) is 3. The second-order valence-corrected chi connectivity index (χ2v) is 8.83. The summed E-state index contributed by atoms with van der Waals surface area (Å²) in [7, 11) is 0. The Balaban J connectivity index is 1.35. The summed E-state index contributed by atoms with van der Waals surface area (Å²) in [5.41, 5.74) is 4.57. The lowest BCUT2D eigenvalue weighted by molar-refractivity contribution is 0.00729. The quantitative estimate of drug-likeness (QED) is 0.731. The van der Waals surface area contributed by atoms with Crippen LogP contribution in [0.4, 0.5) is 0 Å². The normalized spacial score (nSPS) is 24.5. The lowest BCUT2D eigenvalue weighted by Crippen LogP contribution is -2.44. The van der Waals surface area contributed by atoms with Crippen LogP contribution in [0.3, 0.4) is 0 Å². The first-order valence-corrected chi connectivity index (χ1v) is 10.9. The van der Waals surface area contributed by atoms with Gasteiger partial charge in [0, 0.05) is 47.9 Å². The van der Waals surface area contributed by atoms with E-state index in [0.717, 1.165) is 48.7 Å². The predicted molar refractivity (Wildman–Crippen MR) is 109 cm³/mol. The first kappa shape index (κ1) is 17.3. The van der Waals surface area contributed by atoms with E-state index in [1.165, 1.54) is 42.2 Å². The second kappa shape index (κ2) is 7.34. The number of fused-ring (bicyclic) bond motifs is 1. The Kier molecular flexibility index (Phi) is 4.71. The molecule has 3 aromatic rings. The molecule has 0 aromatic carbocycles. The van der Waals surface area contributed by atoms with Crippen molar-refractivity contribution < 1.29 is 4.74 Å². The average molecular weight is 383 g/mol. The number of pyridine rings is 1. The third-order valence-electron chi connectivity index (χ3n) is 6.18. The Morgan fingerprint density at radius 3 is 2.74 bits per heavy atom. The van der Waals surface area contributed by atoms with Crippen molar-refractivity contribution in [2.45, 2.75) is 44.6 Å². The van der Waals surface area contributed by atoms with Gasteiger partial charge in [0.25, 0.3) is 0 Å². The third-order valence-corrected chi connectivity index (χ3v) is 6.95. The standard InChI is InChI=1S/C21H26N4OS/c1-14-24-20(13-27-14)19-12-23-21-18(19)10-16(11-22-21)15-2-4-17(5-3-15)25-6-8-26-9-7-25/h10-13,15,17H,2-9H2,1H3,(H,22,23). The molecule has 0 spiro atoms. The summed E-state index contributed by atoms with van der Waals surface area (Å²) in [6.07, 6.45) is 9.21. The smallest absolute Gasteiger partial charge is 0.137 e. The second-order valence-electron chi connectivity index (χ2n) is 7.77. The zero-order valence-corrected chi connectivity index (χ0v) is 16.6. The monoisotopic (exact) mass is 382 g/mol. The number of aryl methyl sites for hydroxylation is 1. The molecule has 27 heavy (non-hydrogen) atoms. The number of hydrogen-bond donors (Lipinski definition) is 1. The Morgan fingerprint density at radius 1 is 1.19 bits per heavy atom. The summed E-state index contributed by atoms with van der Waals surface area (Å²) < 4.78 is 5.51. The SMILES string of the molecule is Cc1nc(-c2c[nH]c3ncc(C4CCC(N5CCOCC5)CC4)cc23)cs1. The first-order chi connectivity index (χ1) is 13.3. The van der Waals surface area contributed by atoms with Gasteiger partial charge in [-0.25, -0.2) is 9.97 Å². The van der Waals surface area contributed by atoms with Gasteiger partial charge >= 0.3 is 0 Å². The van der Waals surface area contributed by atoms with Gasteiger partial charge in [-0.1, -0.05) is 0 Å². The van der Waals surface area contributed by atoms with Gasteiger partial charge in [0.05, 0.1) is 23.9 Å². The molecule has 5 rings (SSSR count). The van der Waals surface area contributed by atoms with Crippen molar-refractivity contribution in [2.75, 3.05) is 26.3 Å². The molecule has 5 nitrogen and oxygen atoms in total. The summed E-state index contributed by atoms with van der Waals surface area (Å²) >= 11 is 1.70. The van der Waals surface area contributed by atoms with Crippen LogP contribution < -0.4 is 0 Å². The van der Waals surface area contributed by atoms with Crippen LogP contribution in [-0.4, -0.2) is 52.2 Å².